The Bertz CT molecular complexity index is 449. The zero-order chi connectivity index (χ0) is 9.80. The van der Waals surface area contributed by atoms with Crippen molar-refractivity contribution < 1.29 is 5.11 Å². The molecule has 0 atom stereocenters. The molecule has 0 spiro atoms. The maximum atomic E-state index is 8.82. The van der Waals surface area contributed by atoms with Crippen LogP contribution < -0.4 is 0 Å². The maximum absolute atomic E-state index is 8.82. The second kappa shape index (κ2) is 3.83. The van der Waals surface area contributed by atoms with Crippen molar-refractivity contribution >= 4 is 12.2 Å². The normalized spacial score (nSPS) is 14.2. The van der Waals surface area contributed by atoms with E-state index in [-0.39, 0.29) is 6.61 Å². The van der Waals surface area contributed by atoms with Gasteiger partial charge in [-0.25, -0.2) is 15.0 Å². The van der Waals surface area contributed by atoms with Gasteiger partial charge in [-0.05, 0) is 0 Å². The molecule has 1 aromatic rings. The molecular weight excluding hydrogens is 180 g/mol. The number of imidazole rings is 1. The zero-order valence-electron chi connectivity index (χ0n) is 7.33. The molecule has 0 amide bonds. The molecule has 2 heterocycles. The van der Waals surface area contributed by atoms with E-state index in [4.69, 9.17) is 5.11 Å². The van der Waals surface area contributed by atoms with Crippen LogP contribution in [0, 0.1) is 0 Å². The first-order valence-electron chi connectivity index (χ1n) is 4.05. The molecular formula is C9H8N4O. The van der Waals surface area contributed by atoms with E-state index in [0.717, 1.165) is 0 Å². The fourth-order valence-electron chi connectivity index (χ4n) is 1.01. The van der Waals surface area contributed by atoms with E-state index in [1.807, 2.05) is 0 Å². The van der Waals surface area contributed by atoms with Gasteiger partial charge in [0.2, 0.25) is 5.96 Å². The summed E-state index contributed by atoms with van der Waals surface area (Å²) in [5, 5.41) is 8.82. The molecule has 0 radical (unpaired) electrons. The second-order valence-corrected chi connectivity index (χ2v) is 2.60. The van der Waals surface area contributed by atoms with Crippen LogP contribution >= 0.6 is 0 Å². The molecule has 5 heteroatoms. The minimum Gasteiger partial charge on any atom is -0.390 e. The lowest BCUT2D eigenvalue weighted by Gasteiger charge is -1.96. The predicted octanol–water partition coefficient (Wildman–Crippen LogP) is 0.333. The van der Waals surface area contributed by atoms with Crippen molar-refractivity contribution in [1.82, 2.24) is 9.55 Å². The molecule has 70 valence electrons. The third-order valence-electron chi connectivity index (χ3n) is 1.64. The van der Waals surface area contributed by atoms with Gasteiger partial charge in [-0.3, -0.25) is 4.57 Å². The van der Waals surface area contributed by atoms with Gasteiger partial charge < -0.3 is 5.11 Å². The minimum atomic E-state index is -0.0852. The number of hydrogen-bond donors (Lipinski definition) is 1. The molecule has 1 aliphatic rings. The lowest BCUT2D eigenvalue weighted by molar-refractivity contribution is 0.277. The highest BCUT2D eigenvalue weighted by Crippen LogP contribution is 1.98. The first kappa shape index (κ1) is 8.62. The van der Waals surface area contributed by atoms with Crippen LogP contribution in [-0.2, 0) is 6.61 Å². The van der Waals surface area contributed by atoms with E-state index in [2.05, 4.69) is 20.7 Å². The van der Waals surface area contributed by atoms with Gasteiger partial charge in [-0.15, -0.1) is 0 Å². The molecule has 1 aliphatic heterocycles. The van der Waals surface area contributed by atoms with E-state index in [1.165, 1.54) is 6.20 Å². The van der Waals surface area contributed by atoms with Crippen LogP contribution in [0.4, 0.5) is 0 Å². The Kier molecular flexibility index (Phi) is 2.36. The maximum Gasteiger partial charge on any atom is 0.235 e. The number of nitrogens with zero attached hydrogens (tertiary/aromatic N) is 4. The van der Waals surface area contributed by atoms with E-state index >= 15 is 0 Å². The Morgan fingerprint density at radius 2 is 2.43 bits per heavy atom. The van der Waals surface area contributed by atoms with Crippen molar-refractivity contribution in [2.45, 2.75) is 6.61 Å². The van der Waals surface area contributed by atoms with Crippen molar-refractivity contribution in [3.05, 3.63) is 36.2 Å². The number of rotatable bonds is 1. The Morgan fingerprint density at radius 3 is 3.21 bits per heavy atom. The topological polar surface area (TPSA) is 62.8 Å². The summed E-state index contributed by atoms with van der Waals surface area (Å²) in [6.45, 7) is -0.0852. The standard InChI is InChI=1S/C9H8N4O/c14-6-8-5-13(7-12-8)9-10-3-1-2-4-11-9/h1,3-5,7,14H,6H2. The quantitative estimate of drug-likeness (QED) is 0.645. The van der Waals surface area contributed by atoms with Gasteiger partial charge in [-0.2, -0.15) is 0 Å². The summed E-state index contributed by atoms with van der Waals surface area (Å²) in [4.78, 5) is 12.0. The van der Waals surface area contributed by atoms with Crippen LogP contribution in [0.25, 0.3) is 0 Å². The first-order valence-corrected chi connectivity index (χ1v) is 4.05. The smallest absolute Gasteiger partial charge is 0.235 e. The monoisotopic (exact) mass is 188 g/mol. The Balaban J connectivity index is 2.31. The molecule has 1 N–H and O–H groups in total. The molecule has 0 saturated carbocycles. The van der Waals surface area contributed by atoms with Gasteiger partial charge in [0.15, 0.2) is 0 Å². The summed E-state index contributed by atoms with van der Waals surface area (Å²) < 4.78 is 1.64. The van der Waals surface area contributed by atoms with E-state index < -0.39 is 0 Å². The average Bonchev–Trinajstić information content (AvgIpc) is 2.53. The third-order valence-corrected chi connectivity index (χ3v) is 1.64. The molecule has 0 unspecified atom stereocenters. The summed E-state index contributed by atoms with van der Waals surface area (Å²) in [6.07, 6.45) is 8.03. The predicted molar refractivity (Wildman–Crippen MR) is 52.1 cm³/mol. The van der Waals surface area contributed by atoms with Crippen molar-refractivity contribution in [3.8, 4) is 0 Å². The van der Waals surface area contributed by atoms with Crippen LogP contribution in [0.5, 0.6) is 0 Å². The fourth-order valence-corrected chi connectivity index (χ4v) is 1.01. The molecule has 2 rings (SSSR count). The summed E-state index contributed by atoms with van der Waals surface area (Å²) in [5.74, 6) is 0.499. The van der Waals surface area contributed by atoms with Gasteiger partial charge in [0.1, 0.15) is 6.33 Å². The molecule has 0 saturated heterocycles. The summed E-state index contributed by atoms with van der Waals surface area (Å²) in [7, 11) is 0. The number of aliphatic hydroxyl groups is 1. The molecule has 1 aromatic heterocycles. The average molecular weight is 188 g/mol. The zero-order valence-corrected chi connectivity index (χ0v) is 7.33. The Labute approximate surface area is 80.5 Å². The van der Waals surface area contributed by atoms with Crippen LogP contribution in [0.3, 0.4) is 0 Å². The molecule has 0 fully saturated rings. The minimum absolute atomic E-state index is 0.0852. The highest BCUT2D eigenvalue weighted by atomic mass is 16.3. The van der Waals surface area contributed by atoms with Crippen LogP contribution in [0.2, 0.25) is 0 Å². The van der Waals surface area contributed by atoms with Crippen LogP contribution in [0.15, 0.2) is 40.5 Å². The highest BCUT2D eigenvalue weighted by molar-refractivity contribution is 5.93. The van der Waals surface area contributed by atoms with Crippen molar-refractivity contribution in [2.75, 3.05) is 0 Å². The number of aliphatic hydroxyl groups excluding tert-OH is 1. The first-order chi connectivity index (χ1) is 6.90. The number of aromatic nitrogens is 2. The van der Waals surface area contributed by atoms with E-state index in [9.17, 15) is 0 Å². The molecule has 5 nitrogen and oxygen atoms in total. The highest BCUT2D eigenvalue weighted by Gasteiger charge is 2.01. The van der Waals surface area contributed by atoms with Crippen molar-refractivity contribution in [2.24, 2.45) is 9.98 Å². The lowest BCUT2D eigenvalue weighted by atomic mass is 10.5. The Morgan fingerprint density at radius 1 is 1.50 bits per heavy atom. The third kappa shape index (κ3) is 1.69. The number of allylic oxidation sites excluding steroid dienone is 1. The van der Waals surface area contributed by atoms with Gasteiger partial charge in [0.05, 0.1) is 18.5 Å². The molecule has 0 aliphatic carbocycles. The van der Waals surface area contributed by atoms with E-state index in [1.54, 1.807) is 29.4 Å². The Hall–Kier alpha value is -1.97. The number of aliphatic imine (C=N–C) groups is 2. The number of hydrogen-bond acceptors (Lipinski definition) is 4. The van der Waals surface area contributed by atoms with Crippen LogP contribution in [-0.4, -0.2) is 26.8 Å². The van der Waals surface area contributed by atoms with Crippen LogP contribution in [0.1, 0.15) is 5.69 Å². The van der Waals surface area contributed by atoms with Crippen molar-refractivity contribution in [3.63, 3.8) is 0 Å². The van der Waals surface area contributed by atoms with E-state index in [0.29, 0.717) is 11.7 Å². The fraction of sp³-hybridized carbons (Fsp3) is 0.111. The van der Waals surface area contributed by atoms with Gasteiger partial charge in [-0.1, -0.05) is 5.73 Å². The summed E-state index contributed by atoms with van der Waals surface area (Å²) >= 11 is 0. The summed E-state index contributed by atoms with van der Waals surface area (Å²) in [6, 6.07) is 0. The lowest BCUT2D eigenvalue weighted by Crippen LogP contribution is -2.05. The second-order valence-electron chi connectivity index (χ2n) is 2.60. The molecule has 0 aromatic carbocycles. The molecule has 14 heavy (non-hydrogen) atoms. The van der Waals surface area contributed by atoms with Crippen molar-refractivity contribution in [1.29, 1.82) is 0 Å². The van der Waals surface area contributed by atoms with Gasteiger partial charge in [0.25, 0.3) is 0 Å². The largest absolute Gasteiger partial charge is 0.390 e. The van der Waals surface area contributed by atoms with Gasteiger partial charge in [0, 0.05) is 18.5 Å². The SMILES string of the molecule is OCc1cn(C2=NC=C=CC=N2)cn1. The summed E-state index contributed by atoms with van der Waals surface area (Å²) in [5.41, 5.74) is 3.38. The van der Waals surface area contributed by atoms with Gasteiger partial charge >= 0.3 is 0 Å². The molecule has 0 bridgehead atoms.